The lowest BCUT2D eigenvalue weighted by Gasteiger charge is -2.11. The quantitative estimate of drug-likeness (QED) is 0.261. The highest BCUT2D eigenvalue weighted by Crippen LogP contribution is 2.43. The van der Waals surface area contributed by atoms with E-state index < -0.39 is 0 Å². The molecule has 0 bridgehead atoms. The van der Waals surface area contributed by atoms with Gasteiger partial charge in [0.1, 0.15) is 11.4 Å². The molecule has 0 spiro atoms. The maximum atomic E-state index is 14.7. The van der Waals surface area contributed by atoms with E-state index in [-0.39, 0.29) is 5.82 Å². The minimum absolute atomic E-state index is 0.212. The molecule has 0 saturated carbocycles. The molecule has 146 valence electrons. The standard InChI is InChI=1S/C28H16FNO/c1-15-11-18(12-16-5-2-3-7-19(15)16)28-21-10-9-20-25-17(6-4-8-22(25)29)13-23-26(20)27(21)24(31-23)14-30-28/h2-14H,1H3. The molecule has 3 heteroatoms. The fraction of sp³-hybridized carbons (Fsp3) is 0.0357. The van der Waals surface area contributed by atoms with E-state index in [9.17, 15) is 4.39 Å². The number of furan rings is 1. The monoisotopic (exact) mass is 401 g/mol. The summed E-state index contributed by atoms with van der Waals surface area (Å²) < 4.78 is 20.9. The number of hydrogen-bond donors (Lipinski definition) is 0. The summed E-state index contributed by atoms with van der Waals surface area (Å²) in [7, 11) is 0. The first-order valence-corrected chi connectivity index (χ1v) is 10.3. The van der Waals surface area contributed by atoms with E-state index in [1.807, 2.05) is 18.2 Å². The second-order valence-electron chi connectivity index (χ2n) is 8.21. The van der Waals surface area contributed by atoms with Gasteiger partial charge < -0.3 is 4.42 Å². The smallest absolute Gasteiger partial charge is 0.154 e. The summed E-state index contributed by atoms with van der Waals surface area (Å²) in [4.78, 5) is 4.79. The molecular weight excluding hydrogens is 385 g/mol. The first-order chi connectivity index (χ1) is 15.2. The van der Waals surface area contributed by atoms with Gasteiger partial charge in [0.25, 0.3) is 0 Å². The highest BCUT2D eigenvalue weighted by atomic mass is 19.1. The van der Waals surface area contributed by atoms with Gasteiger partial charge in [-0.3, -0.25) is 4.98 Å². The van der Waals surface area contributed by atoms with Crippen molar-refractivity contribution in [1.29, 1.82) is 0 Å². The van der Waals surface area contributed by atoms with Crippen LogP contribution in [0.4, 0.5) is 4.39 Å². The van der Waals surface area contributed by atoms with Gasteiger partial charge in [-0.1, -0.05) is 48.5 Å². The molecule has 31 heavy (non-hydrogen) atoms. The highest BCUT2D eigenvalue weighted by molar-refractivity contribution is 6.29. The van der Waals surface area contributed by atoms with Crippen LogP contribution in [0.25, 0.3) is 65.5 Å². The summed E-state index contributed by atoms with van der Waals surface area (Å²) >= 11 is 0. The van der Waals surface area contributed by atoms with E-state index in [4.69, 9.17) is 9.40 Å². The van der Waals surface area contributed by atoms with Crippen molar-refractivity contribution in [1.82, 2.24) is 4.98 Å². The maximum Gasteiger partial charge on any atom is 0.154 e. The molecule has 2 heterocycles. The number of benzene rings is 5. The van der Waals surface area contributed by atoms with Gasteiger partial charge in [0.2, 0.25) is 0 Å². The largest absolute Gasteiger partial charge is 0.454 e. The van der Waals surface area contributed by atoms with Crippen molar-refractivity contribution in [2.45, 2.75) is 6.92 Å². The Balaban J connectivity index is 1.62. The van der Waals surface area contributed by atoms with Crippen molar-refractivity contribution >= 4 is 54.3 Å². The van der Waals surface area contributed by atoms with Gasteiger partial charge in [-0.15, -0.1) is 0 Å². The first-order valence-electron chi connectivity index (χ1n) is 10.3. The number of hydrogen-bond acceptors (Lipinski definition) is 2. The molecule has 0 amide bonds. The van der Waals surface area contributed by atoms with Crippen molar-refractivity contribution in [3.05, 3.63) is 90.4 Å². The van der Waals surface area contributed by atoms with Gasteiger partial charge in [-0.25, -0.2) is 4.39 Å². The third-order valence-electron chi connectivity index (χ3n) is 6.43. The van der Waals surface area contributed by atoms with Crippen LogP contribution in [-0.2, 0) is 0 Å². The molecule has 0 fully saturated rings. The van der Waals surface area contributed by atoms with E-state index >= 15 is 0 Å². The molecule has 7 aromatic rings. The third-order valence-corrected chi connectivity index (χ3v) is 6.43. The Kier molecular flexibility index (Phi) is 3.14. The van der Waals surface area contributed by atoms with E-state index in [1.54, 1.807) is 12.3 Å². The van der Waals surface area contributed by atoms with Crippen molar-refractivity contribution in [2.75, 3.05) is 0 Å². The lowest BCUT2D eigenvalue weighted by molar-refractivity contribution is 0.640. The van der Waals surface area contributed by atoms with Gasteiger partial charge in [-0.05, 0) is 58.3 Å². The predicted molar refractivity (Wildman–Crippen MR) is 125 cm³/mol. The van der Waals surface area contributed by atoms with Gasteiger partial charge in [-0.2, -0.15) is 0 Å². The van der Waals surface area contributed by atoms with Crippen molar-refractivity contribution in [2.24, 2.45) is 0 Å². The molecule has 5 aromatic carbocycles. The van der Waals surface area contributed by atoms with Crippen LogP contribution in [-0.4, -0.2) is 4.98 Å². The Morgan fingerprint density at radius 3 is 2.45 bits per heavy atom. The average molecular weight is 401 g/mol. The molecule has 2 aromatic heterocycles. The lowest BCUT2D eigenvalue weighted by Crippen LogP contribution is -1.89. The minimum Gasteiger partial charge on any atom is -0.454 e. The molecule has 0 aliphatic carbocycles. The van der Waals surface area contributed by atoms with Gasteiger partial charge in [0.05, 0.1) is 11.9 Å². The van der Waals surface area contributed by atoms with E-state index in [2.05, 4.69) is 49.4 Å². The molecule has 0 N–H and O–H groups in total. The van der Waals surface area contributed by atoms with E-state index in [0.717, 1.165) is 49.4 Å². The summed E-state index contributed by atoms with van der Waals surface area (Å²) in [5, 5.41) is 7.79. The lowest BCUT2D eigenvalue weighted by atomic mass is 9.94. The number of aryl methyl sites for hydroxylation is 1. The van der Waals surface area contributed by atoms with Crippen LogP contribution in [0.3, 0.4) is 0 Å². The van der Waals surface area contributed by atoms with Crippen molar-refractivity contribution in [3.8, 4) is 11.3 Å². The summed E-state index contributed by atoms with van der Waals surface area (Å²) in [5.41, 5.74) is 4.70. The van der Waals surface area contributed by atoms with Gasteiger partial charge in [0, 0.05) is 27.1 Å². The van der Waals surface area contributed by atoms with Crippen LogP contribution in [0, 0.1) is 12.7 Å². The second-order valence-corrected chi connectivity index (χ2v) is 8.21. The molecule has 0 unspecified atom stereocenters. The Bertz CT molecular complexity index is 1810. The molecular formula is C28H16FNO. The number of fused-ring (bicyclic) bond motifs is 3. The summed E-state index contributed by atoms with van der Waals surface area (Å²) in [6.45, 7) is 2.13. The molecule has 0 aliphatic rings. The maximum absolute atomic E-state index is 14.7. The Hall–Kier alpha value is -3.98. The van der Waals surface area contributed by atoms with E-state index in [1.165, 1.54) is 22.4 Å². The Morgan fingerprint density at radius 2 is 1.52 bits per heavy atom. The van der Waals surface area contributed by atoms with Crippen LogP contribution < -0.4 is 0 Å². The molecule has 7 rings (SSSR count). The molecule has 0 atom stereocenters. The van der Waals surface area contributed by atoms with Crippen molar-refractivity contribution in [3.63, 3.8) is 0 Å². The normalized spacial score (nSPS) is 12.2. The molecule has 0 aliphatic heterocycles. The second kappa shape index (κ2) is 5.79. The van der Waals surface area contributed by atoms with Gasteiger partial charge in [0.15, 0.2) is 5.58 Å². The number of nitrogens with zero attached hydrogens (tertiary/aromatic N) is 1. The molecule has 0 radical (unpaired) electrons. The van der Waals surface area contributed by atoms with Crippen LogP contribution >= 0.6 is 0 Å². The zero-order valence-electron chi connectivity index (χ0n) is 16.7. The SMILES string of the molecule is Cc1cc(-c2ncc3oc4cc5cccc(F)c5c5ccc2c3c45)cc2ccccc12. The number of rotatable bonds is 1. The van der Waals surface area contributed by atoms with Crippen LogP contribution in [0.2, 0.25) is 0 Å². The zero-order valence-corrected chi connectivity index (χ0v) is 16.7. The number of aromatic nitrogens is 1. The van der Waals surface area contributed by atoms with E-state index in [0.29, 0.717) is 5.39 Å². The average Bonchev–Trinajstić information content (AvgIpc) is 3.16. The minimum atomic E-state index is -0.212. The summed E-state index contributed by atoms with van der Waals surface area (Å²) in [5.74, 6) is -0.212. The van der Waals surface area contributed by atoms with Crippen LogP contribution in [0.1, 0.15) is 5.56 Å². The summed E-state index contributed by atoms with van der Waals surface area (Å²) in [6, 6.07) is 23.9. The number of halogens is 1. The zero-order chi connectivity index (χ0) is 20.7. The van der Waals surface area contributed by atoms with Crippen LogP contribution in [0.15, 0.2) is 83.4 Å². The van der Waals surface area contributed by atoms with Crippen molar-refractivity contribution < 1.29 is 8.81 Å². The number of pyridine rings is 1. The Morgan fingerprint density at radius 1 is 0.710 bits per heavy atom. The fourth-order valence-corrected chi connectivity index (χ4v) is 5.08. The topological polar surface area (TPSA) is 26.0 Å². The first kappa shape index (κ1) is 16.8. The Labute approximate surface area is 176 Å². The summed E-state index contributed by atoms with van der Waals surface area (Å²) in [6.07, 6.45) is 1.79. The van der Waals surface area contributed by atoms with Gasteiger partial charge >= 0.3 is 0 Å². The third kappa shape index (κ3) is 2.18. The highest BCUT2D eigenvalue weighted by Gasteiger charge is 2.20. The van der Waals surface area contributed by atoms with Crippen LogP contribution in [0.5, 0.6) is 0 Å². The molecule has 2 nitrogen and oxygen atoms in total. The molecule has 0 saturated heterocycles. The predicted octanol–water partition coefficient (Wildman–Crippen LogP) is 7.99. The fourth-order valence-electron chi connectivity index (χ4n) is 5.08.